The maximum absolute atomic E-state index is 12.9. The van der Waals surface area contributed by atoms with Gasteiger partial charge in [-0.1, -0.05) is 30.3 Å². The number of sulfonamides is 1. The van der Waals surface area contributed by atoms with Crippen molar-refractivity contribution in [2.24, 2.45) is 0 Å². The molecule has 0 saturated carbocycles. The van der Waals surface area contributed by atoms with Crippen molar-refractivity contribution in [3.63, 3.8) is 0 Å². The van der Waals surface area contributed by atoms with E-state index in [0.29, 0.717) is 5.56 Å². The number of rotatable bonds is 6. The highest BCUT2D eigenvalue weighted by Crippen LogP contribution is 2.29. The van der Waals surface area contributed by atoms with Crippen LogP contribution in [0.1, 0.15) is 17.7 Å². The summed E-state index contributed by atoms with van der Waals surface area (Å²) < 4.78 is 26.5. The molecule has 23 heavy (non-hydrogen) atoms. The number of anilines is 1. The summed E-state index contributed by atoms with van der Waals surface area (Å²) in [6.45, 7) is 0.824. The summed E-state index contributed by atoms with van der Waals surface area (Å²) in [5.74, 6) is -1.29. The average molecular weight is 335 g/mol. The second-order valence-corrected chi connectivity index (χ2v) is 7.19. The smallest absolute Gasteiger partial charge is 0.324 e. The van der Waals surface area contributed by atoms with Gasteiger partial charge in [0, 0.05) is 0 Å². The molecular weight excluding hydrogens is 318 g/mol. The van der Waals surface area contributed by atoms with E-state index >= 15 is 0 Å². The van der Waals surface area contributed by atoms with Crippen LogP contribution in [0.25, 0.3) is 0 Å². The van der Waals surface area contributed by atoms with E-state index in [1.807, 2.05) is 0 Å². The van der Waals surface area contributed by atoms with Gasteiger partial charge in [-0.25, -0.2) is 8.42 Å². The van der Waals surface area contributed by atoms with E-state index in [-0.39, 0.29) is 11.4 Å². The summed E-state index contributed by atoms with van der Waals surface area (Å²) in [4.78, 5) is 11.1. The van der Waals surface area contributed by atoms with Gasteiger partial charge in [-0.15, -0.1) is 0 Å². The Morgan fingerprint density at radius 1 is 1.09 bits per heavy atom. The summed E-state index contributed by atoms with van der Waals surface area (Å²) in [6.07, 6.45) is 0. The van der Waals surface area contributed by atoms with Gasteiger partial charge < -0.3 is 10.2 Å². The Labute approximate surface area is 134 Å². The van der Waals surface area contributed by atoms with Crippen molar-refractivity contribution in [3.05, 3.63) is 60.2 Å². The van der Waals surface area contributed by atoms with Crippen LogP contribution in [0, 0.1) is 0 Å². The number of phenols is 1. The van der Waals surface area contributed by atoms with Gasteiger partial charge >= 0.3 is 5.97 Å². The van der Waals surface area contributed by atoms with Crippen molar-refractivity contribution in [2.45, 2.75) is 12.2 Å². The van der Waals surface area contributed by atoms with E-state index < -0.39 is 27.8 Å². The molecule has 0 bridgehead atoms. The molecule has 0 aromatic heterocycles. The number of hydrogen-bond acceptors (Lipinski definition) is 4. The van der Waals surface area contributed by atoms with E-state index in [0.717, 1.165) is 4.31 Å². The number of aliphatic carboxylic acids is 1. The third-order valence-electron chi connectivity index (χ3n) is 3.44. The Hall–Kier alpha value is -2.54. The molecule has 0 aliphatic carbocycles. The zero-order valence-electron chi connectivity index (χ0n) is 12.5. The van der Waals surface area contributed by atoms with Gasteiger partial charge in [0.2, 0.25) is 10.0 Å². The van der Waals surface area contributed by atoms with Crippen LogP contribution in [0.3, 0.4) is 0 Å². The third-order valence-corrected chi connectivity index (χ3v) is 5.56. The van der Waals surface area contributed by atoms with Crippen LogP contribution in [-0.4, -0.2) is 31.1 Å². The van der Waals surface area contributed by atoms with E-state index in [1.165, 1.54) is 31.2 Å². The molecule has 2 rings (SSSR count). The molecule has 2 aromatic carbocycles. The van der Waals surface area contributed by atoms with Gasteiger partial charge in [0.05, 0.1) is 5.69 Å². The maximum Gasteiger partial charge on any atom is 0.324 e. The highest BCUT2D eigenvalue weighted by molar-refractivity contribution is 7.93. The second kappa shape index (κ2) is 6.70. The largest absolute Gasteiger partial charge is 0.508 e. The molecule has 2 aromatic rings. The minimum atomic E-state index is -3.94. The Kier molecular flexibility index (Phi) is 4.90. The van der Waals surface area contributed by atoms with E-state index in [4.69, 9.17) is 5.11 Å². The van der Waals surface area contributed by atoms with Crippen molar-refractivity contribution in [2.75, 3.05) is 10.8 Å². The quantitative estimate of drug-likeness (QED) is 0.845. The van der Waals surface area contributed by atoms with Crippen LogP contribution in [0.4, 0.5) is 5.69 Å². The predicted molar refractivity (Wildman–Crippen MR) is 86.9 cm³/mol. The van der Waals surface area contributed by atoms with Crippen LogP contribution < -0.4 is 4.31 Å². The van der Waals surface area contributed by atoms with Gasteiger partial charge in [0.1, 0.15) is 17.5 Å². The minimum Gasteiger partial charge on any atom is -0.508 e. The first kappa shape index (κ1) is 16.8. The zero-order chi connectivity index (χ0) is 17.0. The fourth-order valence-electron chi connectivity index (χ4n) is 2.16. The molecule has 0 heterocycles. The number of carbonyl (C=O) groups is 1. The molecule has 0 fully saturated rings. The number of aromatic hydroxyl groups is 1. The Morgan fingerprint density at radius 3 is 2.17 bits per heavy atom. The Morgan fingerprint density at radius 2 is 1.65 bits per heavy atom. The molecule has 7 heteroatoms. The van der Waals surface area contributed by atoms with Crippen LogP contribution in [0.15, 0.2) is 54.6 Å². The first-order chi connectivity index (χ1) is 10.8. The van der Waals surface area contributed by atoms with Crippen LogP contribution in [-0.2, 0) is 14.8 Å². The van der Waals surface area contributed by atoms with Gasteiger partial charge in [0.15, 0.2) is 0 Å². The number of phenolic OH excluding ortho intramolecular Hbond substituents is 1. The van der Waals surface area contributed by atoms with Crippen molar-refractivity contribution in [1.29, 1.82) is 0 Å². The molecule has 2 N–H and O–H groups in total. The van der Waals surface area contributed by atoms with Gasteiger partial charge in [0.25, 0.3) is 0 Å². The summed E-state index contributed by atoms with van der Waals surface area (Å²) >= 11 is 0. The number of carboxylic acid groups (broad SMARTS) is 1. The Bertz CT molecular complexity index is 772. The standard InChI is InChI=1S/C16H17NO5S/c1-12(13-5-3-2-4-6-13)23(21,22)17(11-16(19)20)14-7-9-15(18)10-8-14/h2-10,12,18H,11H2,1H3,(H,19,20). The lowest BCUT2D eigenvalue weighted by atomic mass is 10.2. The molecule has 6 nitrogen and oxygen atoms in total. The fraction of sp³-hybridized carbons (Fsp3) is 0.188. The number of hydrogen-bond donors (Lipinski definition) is 2. The number of nitrogens with zero attached hydrogens (tertiary/aromatic N) is 1. The first-order valence-electron chi connectivity index (χ1n) is 6.89. The van der Waals surface area contributed by atoms with Crippen LogP contribution in [0.5, 0.6) is 5.75 Å². The lowest BCUT2D eigenvalue weighted by Gasteiger charge is -2.26. The normalized spacial score (nSPS) is 12.6. The number of carboxylic acids is 1. The SMILES string of the molecule is CC(c1ccccc1)S(=O)(=O)N(CC(=O)O)c1ccc(O)cc1. The molecule has 1 unspecified atom stereocenters. The van der Waals surface area contributed by atoms with Crippen molar-refractivity contribution >= 4 is 21.7 Å². The predicted octanol–water partition coefficient (Wildman–Crippen LogP) is 2.37. The summed E-state index contributed by atoms with van der Waals surface area (Å²) in [5.41, 5.74) is 0.759. The van der Waals surface area contributed by atoms with Gasteiger partial charge in [-0.05, 0) is 36.8 Å². The lowest BCUT2D eigenvalue weighted by Crippen LogP contribution is -2.38. The fourth-order valence-corrected chi connectivity index (χ4v) is 3.75. The van der Waals surface area contributed by atoms with E-state index in [9.17, 15) is 18.3 Å². The number of benzene rings is 2. The van der Waals surface area contributed by atoms with Crippen molar-refractivity contribution in [1.82, 2.24) is 0 Å². The third kappa shape index (κ3) is 3.81. The Balaban J connectivity index is 2.45. The monoisotopic (exact) mass is 335 g/mol. The summed E-state index contributed by atoms with van der Waals surface area (Å²) in [5, 5.41) is 17.5. The summed E-state index contributed by atoms with van der Waals surface area (Å²) in [7, 11) is -3.94. The molecule has 1 atom stereocenters. The van der Waals surface area contributed by atoms with Gasteiger partial charge in [-0.3, -0.25) is 9.10 Å². The highest BCUT2D eigenvalue weighted by atomic mass is 32.2. The van der Waals surface area contributed by atoms with Gasteiger partial charge in [-0.2, -0.15) is 0 Å². The molecule has 0 radical (unpaired) electrons. The lowest BCUT2D eigenvalue weighted by molar-refractivity contribution is -0.135. The maximum atomic E-state index is 12.9. The first-order valence-corrected chi connectivity index (χ1v) is 8.40. The van der Waals surface area contributed by atoms with Crippen LogP contribution in [0.2, 0.25) is 0 Å². The molecule has 0 amide bonds. The van der Waals surface area contributed by atoms with Crippen LogP contribution >= 0.6 is 0 Å². The molecular formula is C16H17NO5S. The topological polar surface area (TPSA) is 94.9 Å². The molecule has 122 valence electrons. The van der Waals surface area contributed by atoms with Crippen molar-refractivity contribution < 1.29 is 23.4 Å². The molecule has 0 saturated heterocycles. The average Bonchev–Trinajstić information content (AvgIpc) is 2.53. The minimum absolute atomic E-state index is 0.0301. The van der Waals surface area contributed by atoms with E-state index in [1.54, 1.807) is 30.3 Å². The zero-order valence-corrected chi connectivity index (χ0v) is 13.3. The van der Waals surface area contributed by atoms with Crippen molar-refractivity contribution in [3.8, 4) is 5.75 Å². The second-order valence-electron chi connectivity index (χ2n) is 5.01. The molecule has 0 aliphatic heterocycles. The van der Waals surface area contributed by atoms with E-state index in [2.05, 4.69) is 0 Å². The molecule has 0 spiro atoms. The molecule has 0 aliphatic rings. The summed E-state index contributed by atoms with van der Waals surface area (Å²) in [6, 6.07) is 13.9. The highest BCUT2D eigenvalue weighted by Gasteiger charge is 2.31.